The van der Waals surface area contributed by atoms with Crippen molar-refractivity contribution in [2.75, 3.05) is 19.4 Å². The highest BCUT2D eigenvalue weighted by atomic mass is 32.2. The fourth-order valence-corrected chi connectivity index (χ4v) is 2.82. The number of carbonyl (C=O) groups excluding carboxylic acids is 1. The molecule has 7 nitrogen and oxygen atoms in total. The van der Waals surface area contributed by atoms with Gasteiger partial charge in [0.25, 0.3) is 0 Å². The van der Waals surface area contributed by atoms with E-state index in [1.807, 2.05) is 0 Å². The van der Waals surface area contributed by atoms with Gasteiger partial charge in [-0.2, -0.15) is 0 Å². The first-order valence-electron chi connectivity index (χ1n) is 6.29. The van der Waals surface area contributed by atoms with Crippen molar-refractivity contribution in [2.24, 2.45) is 11.8 Å². The van der Waals surface area contributed by atoms with Crippen LogP contribution in [0, 0.1) is 11.8 Å². The minimum absolute atomic E-state index is 0.125. The van der Waals surface area contributed by atoms with E-state index in [9.17, 15) is 18.0 Å². The van der Waals surface area contributed by atoms with E-state index in [0.717, 1.165) is 4.31 Å². The summed E-state index contributed by atoms with van der Waals surface area (Å²) in [5.41, 5.74) is 0.439. The Bertz CT molecular complexity index is 666. The maximum Gasteiger partial charge on any atom is 0.307 e. The lowest BCUT2D eigenvalue weighted by molar-refractivity contribution is -0.139. The standard InChI is InChI=1S/C13H16N2O5S/c1-15(2)21(19,20)9-5-3-8(4-6-9)14-12(16)10-7-11(10)13(17)18/h3-6,10-11H,7H2,1-2H3,(H,14,16)(H,17,18)/t10-,11+/m1/s1. The van der Waals surface area contributed by atoms with E-state index in [4.69, 9.17) is 5.11 Å². The molecule has 0 unspecified atom stereocenters. The van der Waals surface area contributed by atoms with Crippen molar-refractivity contribution in [2.45, 2.75) is 11.3 Å². The fraction of sp³-hybridized carbons (Fsp3) is 0.385. The Hall–Kier alpha value is -1.93. The predicted octanol–water partition coefficient (Wildman–Crippen LogP) is 0.596. The molecular formula is C13H16N2O5S. The molecule has 0 saturated heterocycles. The largest absolute Gasteiger partial charge is 0.481 e. The van der Waals surface area contributed by atoms with Gasteiger partial charge >= 0.3 is 5.97 Å². The monoisotopic (exact) mass is 312 g/mol. The molecule has 1 amide bonds. The minimum Gasteiger partial charge on any atom is -0.481 e. The van der Waals surface area contributed by atoms with E-state index in [-0.39, 0.29) is 10.8 Å². The molecule has 0 aromatic heterocycles. The van der Waals surface area contributed by atoms with Crippen molar-refractivity contribution in [1.29, 1.82) is 0 Å². The van der Waals surface area contributed by atoms with Crippen LogP contribution in [0.3, 0.4) is 0 Å². The smallest absolute Gasteiger partial charge is 0.307 e. The van der Waals surface area contributed by atoms with Crippen molar-refractivity contribution in [1.82, 2.24) is 4.31 Å². The van der Waals surface area contributed by atoms with Crippen LogP contribution >= 0.6 is 0 Å². The Labute approximate surface area is 122 Å². The number of rotatable bonds is 5. The zero-order valence-corrected chi connectivity index (χ0v) is 12.4. The summed E-state index contributed by atoms with van der Waals surface area (Å²) in [6.45, 7) is 0. The summed E-state index contributed by atoms with van der Waals surface area (Å²) in [6.07, 6.45) is 0.342. The molecule has 0 spiro atoms. The lowest BCUT2D eigenvalue weighted by atomic mass is 10.2. The van der Waals surface area contributed by atoms with Gasteiger partial charge in [0.05, 0.1) is 16.7 Å². The first-order chi connectivity index (χ1) is 9.73. The second-order valence-electron chi connectivity index (χ2n) is 5.09. The molecule has 1 aliphatic rings. The number of sulfonamides is 1. The van der Waals surface area contributed by atoms with Crippen LogP contribution in [-0.4, -0.2) is 43.8 Å². The number of benzene rings is 1. The van der Waals surface area contributed by atoms with E-state index in [0.29, 0.717) is 12.1 Å². The SMILES string of the molecule is CN(C)S(=O)(=O)c1ccc(NC(=O)[C@@H]2C[C@@H]2C(=O)O)cc1. The number of amides is 1. The van der Waals surface area contributed by atoms with Gasteiger partial charge in [0.15, 0.2) is 0 Å². The summed E-state index contributed by atoms with van der Waals surface area (Å²) < 4.78 is 24.8. The molecule has 0 radical (unpaired) electrons. The summed E-state index contributed by atoms with van der Waals surface area (Å²) in [7, 11) is -0.634. The van der Waals surface area contributed by atoms with Crippen LogP contribution in [0.2, 0.25) is 0 Å². The quantitative estimate of drug-likeness (QED) is 0.828. The van der Waals surface area contributed by atoms with E-state index in [1.165, 1.54) is 38.4 Å². The number of aliphatic carboxylic acids is 1. The van der Waals surface area contributed by atoms with Crippen LogP contribution in [0.15, 0.2) is 29.2 Å². The molecule has 1 saturated carbocycles. The average molecular weight is 312 g/mol. The first kappa shape index (κ1) is 15.5. The van der Waals surface area contributed by atoms with Gasteiger partial charge < -0.3 is 10.4 Å². The van der Waals surface area contributed by atoms with Crippen LogP contribution in [0.1, 0.15) is 6.42 Å². The third kappa shape index (κ3) is 3.22. The highest BCUT2D eigenvalue weighted by Crippen LogP contribution is 2.39. The van der Waals surface area contributed by atoms with Gasteiger partial charge in [-0.1, -0.05) is 0 Å². The zero-order chi connectivity index (χ0) is 15.8. The number of hydrogen-bond donors (Lipinski definition) is 2. The van der Waals surface area contributed by atoms with Crippen molar-refractivity contribution in [3.8, 4) is 0 Å². The number of carboxylic acids is 1. The maximum atomic E-state index is 11.9. The molecule has 0 bridgehead atoms. The molecule has 1 fully saturated rings. The molecule has 0 heterocycles. The number of carbonyl (C=O) groups is 2. The number of nitrogens with zero attached hydrogens (tertiary/aromatic N) is 1. The van der Waals surface area contributed by atoms with Gasteiger partial charge in [-0.05, 0) is 30.7 Å². The second kappa shape index (κ2) is 5.45. The van der Waals surface area contributed by atoms with E-state index in [2.05, 4.69) is 5.32 Å². The molecule has 1 aromatic carbocycles. The lowest BCUT2D eigenvalue weighted by Gasteiger charge is -2.12. The van der Waals surface area contributed by atoms with Gasteiger partial charge in [-0.3, -0.25) is 9.59 Å². The third-order valence-electron chi connectivity index (χ3n) is 3.34. The van der Waals surface area contributed by atoms with E-state index >= 15 is 0 Å². The Balaban J connectivity index is 2.04. The summed E-state index contributed by atoms with van der Waals surface area (Å²) in [6, 6.07) is 5.75. The maximum absolute atomic E-state index is 11.9. The zero-order valence-electron chi connectivity index (χ0n) is 11.6. The first-order valence-corrected chi connectivity index (χ1v) is 7.73. The van der Waals surface area contributed by atoms with Gasteiger partial charge in [-0.15, -0.1) is 0 Å². The van der Waals surface area contributed by atoms with Crippen molar-refractivity contribution in [3.63, 3.8) is 0 Å². The van der Waals surface area contributed by atoms with Crippen molar-refractivity contribution >= 4 is 27.6 Å². The van der Waals surface area contributed by atoms with Crippen molar-refractivity contribution in [3.05, 3.63) is 24.3 Å². The topological polar surface area (TPSA) is 104 Å². The van der Waals surface area contributed by atoms with Gasteiger partial charge in [0.1, 0.15) is 0 Å². The van der Waals surface area contributed by atoms with Gasteiger partial charge in [-0.25, -0.2) is 12.7 Å². The van der Waals surface area contributed by atoms with Crippen LogP contribution in [0.25, 0.3) is 0 Å². The molecule has 8 heteroatoms. The Morgan fingerprint density at radius 1 is 1.19 bits per heavy atom. The van der Waals surface area contributed by atoms with Crippen LogP contribution in [0.5, 0.6) is 0 Å². The molecule has 1 aliphatic carbocycles. The fourth-order valence-electron chi connectivity index (χ4n) is 1.91. The van der Waals surface area contributed by atoms with Crippen LogP contribution in [0.4, 0.5) is 5.69 Å². The van der Waals surface area contributed by atoms with Gasteiger partial charge in [0.2, 0.25) is 15.9 Å². The summed E-state index contributed by atoms with van der Waals surface area (Å²) in [5.74, 6) is -2.45. The number of carboxylic acid groups (broad SMARTS) is 1. The number of anilines is 1. The summed E-state index contributed by atoms with van der Waals surface area (Å²) in [4.78, 5) is 22.6. The highest BCUT2D eigenvalue weighted by Gasteiger charge is 2.48. The normalized spacial score (nSPS) is 21.1. The number of nitrogens with one attached hydrogen (secondary N) is 1. The van der Waals surface area contributed by atoms with E-state index < -0.39 is 27.8 Å². The molecule has 2 rings (SSSR count). The minimum atomic E-state index is -3.50. The van der Waals surface area contributed by atoms with Crippen LogP contribution < -0.4 is 5.32 Å². The van der Waals surface area contributed by atoms with E-state index in [1.54, 1.807) is 0 Å². The highest BCUT2D eigenvalue weighted by molar-refractivity contribution is 7.89. The van der Waals surface area contributed by atoms with Crippen molar-refractivity contribution < 1.29 is 23.1 Å². The third-order valence-corrected chi connectivity index (χ3v) is 5.17. The molecule has 2 atom stereocenters. The molecule has 2 N–H and O–H groups in total. The summed E-state index contributed by atoms with van der Waals surface area (Å²) >= 11 is 0. The molecule has 114 valence electrons. The molecule has 0 aliphatic heterocycles. The van der Waals surface area contributed by atoms with Gasteiger partial charge in [0, 0.05) is 19.8 Å². The Kier molecular flexibility index (Phi) is 4.02. The predicted molar refractivity (Wildman–Crippen MR) is 75.2 cm³/mol. The average Bonchev–Trinajstić information content (AvgIpc) is 3.19. The second-order valence-corrected chi connectivity index (χ2v) is 7.24. The van der Waals surface area contributed by atoms with Crippen LogP contribution in [-0.2, 0) is 19.6 Å². The summed E-state index contributed by atoms with van der Waals surface area (Å²) in [5, 5.41) is 11.4. The Morgan fingerprint density at radius 2 is 1.76 bits per heavy atom. The Morgan fingerprint density at radius 3 is 2.19 bits per heavy atom. The lowest BCUT2D eigenvalue weighted by Crippen LogP contribution is -2.22. The number of hydrogen-bond acceptors (Lipinski definition) is 4. The molecule has 21 heavy (non-hydrogen) atoms. The molecule has 1 aromatic rings. The molecular weight excluding hydrogens is 296 g/mol.